The van der Waals surface area contributed by atoms with Crippen LogP contribution in [0.3, 0.4) is 0 Å². The SMILES string of the molecule is CS(=O)(=O)N(CC(=O)NCCCSCc1ccc(Cl)cc1)c1ccc(Cl)c(C(F)(F)F)c1. The molecule has 0 aliphatic rings. The summed E-state index contributed by atoms with van der Waals surface area (Å²) in [5, 5.41) is 2.70. The van der Waals surface area contributed by atoms with Gasteiger partial charge in [-0.15, -0.1) is 0 Å². The van der Waals surface area contributed by atoms with Crippen molar-refractivity contribution in [2.24, 2.45) is 0 Å². The van der Waals surface area contributed by atoms with Crippen LogP contribution >= 0.6 is 35.0 Å². The molecule has 0 fully saturated rings. The second-order valence-electron chi connectivity index (χ2n) is 6.81. The van der Waals surface area contributed by atoms with E-state index < -0.39 is 39.2 Å². The van der Waals surface area contributed by atoms with Crippen LogP contribution in [-0.4, -0.2) is 39.4 Å². The van der Waals surface area contributed by atoms with Crippen molar-refractivity contribution in [3.05, 3.63) is 63.6 Å². The zero-order valence-corrected chi connectivity index (χ0v) is 20.1. The van der Waals surface area contributed by atoms with Gasteiger partial charge in [-0.05, 0) is 48.1 Å². The topological polar surface area (TPSA) is 66.5 Å². The fraction of sp³-hybridized carbons (Fsp3) is 0.350. The molecule has 0 aliphatic heterocycles. The molecule has 0 radical (unpaired) electrons. The Morgan fingerprint density at radius 1 is 1.12 bits per heavy atom. The number of halogens is 5. The largest absolute Gasteiger partial charge is 0.417 e. The van der Waals surface area contributed by atoms with E-state index in [4.69, 9.17) is 23.2 Å². The van der Waals surface area contributed by atoms with Crippen molar-refractivity contribution in [3.63, 3.8) is 0 Å². The minimum absolute atomic E-state index is 0.294. The molecule has 0 atom stereocenters. The highest BCUT2D eigenvalue weighted by Gasteiger charge is 2.34. The van der Waals surface area contributed by atoms with Gasteiger partial charge in [-0.1, -0.05) is 35.3 Å². The van der Waals surface area contributed by atoms with Gasteiger partial charge in [-0.25, -0.2) is 8.42 Å². The van der Waals surface area contributed by atoms with E-state index in [1.165, 1.54) is 0 Å². The van der Waals surface area contributed by atoms with Crippen LogP contribution in [0.1, 0.15) is 17.5 Å². The highest BCUT2D eigenvalue weighted by atomic mass is 35.5. The quantitative estimate of drug-likeness (QED) is 0.429. The maximum Gasteiger partial charge on any atom is 0.417 e. The third-order valence-electron chi connectivity index (χ3n) is 4.20. The average molecular weight is 529 g/mol. The van der Waals surface area contributed by atoms with Crippen LogP contribution in [0.15, 0.2) is 42.5 Å². The van der Waals surface area contributed by atoms with E-state index in [0.29, 0.717) is 28.4 Å². The molecule has 1 amide bonds. The first kappa shape index (κ1) is 26.6. The fourth-order valence-electron chi connectivity index (χ4n) is 2.64. The van der Waals surface area contributed by atoms with Crippen LogP contribution in [-0.2, 0) is 26.7 Å². The summed E-state index contributed by atoms with van der Waals surface area (Å²) in [5.41, 5.74) is -0.352. The normalized spacial score (nSPS) is 11.9. The van der Waals surface area contributed by atoms with E-state index in [1.807, 2.05) is 24.3 Å². The summed E-state index contributed by atoms with van der Waals surface area (Å²) < 4.78 is 64.1. The van der Waals surface area contributed by atoms with Gasteiger partial charge >= 0.3 is 6.18 Å². The number of amides is 1. The van der Waals surface area contributed by atoms with Crippen molar-refractivity contribution in [1.82, 2.24) is 5.32 Å². The summed E-state index contributed by atoms with van der Waals surface area (Å²) in [6.07, 6.45) is -3.31. The van der Waals surface area contributed by atoms with Crippen molar-refractivity contribution in [2.75, 3.05) is 29.4 Å². The van der Waals surface area contributed by atoms with Crippen LogP contribution < -0.4 is 9.62 Å². The molecule has 2 aromatic rings. The molecule has 176 valence electrons. The predicted octanol–water partition coefficient (Wildman–Crippen LogP) is 5.22. The Labute approximate surface area is 199 Å². The number of rotatable bonds is 10. The zero-order chi connectivity index (χ0) is 23.9. The number of alkyl halides is 3. The molecule has 5 nitrogen and oxygen atoms in total. The second-order valence-corrected chi connectivity index (χ2v) is 10.7. The lowest BCUT2D eigenvalue weighted by Gasteiger charge is -2.23. The second kappa shape index (κ2) is 11.5. The first-order chi connectivity index (χ1) is 14.9. The third kappa shape index (κ3) is 8.38. The number of nitrogens with zero attached hydrogens (tertiary/aromatic N) is 1. The molecule has 0 heterocycles. The fourth-order valence-corrected chi connectivity index (χ4v) is 4.76. The van der Waals surface area contributed by atoms with Crippen molar-refractivity contribution in [3.8, 4) is 0 Å². The van der Waals surface area contributed by atoms with Gasteiger partial charge in [0.2, 0.25) is 15.9 Å². The maximum absolute atomic E-state index is 13.1. The smallest absolute Gasteiger partial charge is 0.354 e. The molecule has 0 unspecified atom stereocenters. The van der Waals surface area contributed by atoms with Crippen LogP contribution in [0.2, 0.25) is 10.0 Å². The Bertz CT molecular complexity index is 1030. The molecule has 2 aromatic carbocycles. The van der Waals surface area contributed by atoms with Crippen LogP contribution in [0.5, 0.6) is 0 Å². The minimum atomic E-state index is -4.76. The Kier molecular flexibility index (Phi) is 9.56. The Morgan fingerprint density at radius 3 is 2.38 bits per heavy atom. The van der Waals surface area contributed by atoms with Gasteiger partial charge in [-0.2, -0.15) is 24.9 Å². The monoisotopic (exact) mass is 528 g/mol. The summed E-state index contributed by atoms with van der Waals surface area (Å²) in [7, 11) is -4.01. The highest BCUT2D eigenvalue weighted by Crippen LogP contribution is 2.37. The highest BCUT2D eigenvalue weighted by molar-refractivity contribution is 7.98. The Morgan fingerprint density at radius 2 is 1.78 bits per heavy atom. The van der Waals surface area contributed by atoms with E-state index >= 15 is 0 Å². The number of anilines is 1. The van der Waals surface area contributed by atoms with Gasteiger partial charge in [0.05, 0.1) is 22.5 Å². The van der Waals surface area contributed by atoms with Crippen molar-refractivity contribution in [2.45, 2.75) is 18.3 Å². The summed E-state index contributed by atoms with van der Waals surface area (Å²) in [4.78, 5) is 12.2. The van der Waals surface area contributed by atoms with Crippen molar-refractivity contribution < 1.29 is 26.4 Å². The van der Waals surface area contributed by atoms with Crippen molar-refractivity contribution in [1.29, 1.82) is 0 Å². The summed E-state index contributed by atoms with van der Waals surface area (Å²) in [6.45, 7) is -0.339. The van der Waals surface area contributed by atoms with Crippen LogP contribution in [0.4, 0.5) is 18.9 Å². The minimum Gasteiger partial charge on any atom is -0.354 e. The standard InChI is InChI=1S/C20H21Cl2F3N2O3S2/c1-32(29,30)27(16-7-8-18(22)17(11-16)20(23,24)25)12-19(28)26-9-2-10-31-13-14-3-5-15(21)6-4-14/h3-8,11H,2,9-10,12-13H2,1H3,(H,26,28). The lowest BCUT2D eigenvalue weighted by Crippen LogP contribution is -2.40. The summed E-state index contributed by atoms with van der Waals surface area (Å²) >= 11 is 13.1. The number of carbonyl (C=O) groups excluding carboxylic acids is 1. The molecular weight excluding hydrogens is 508 g/mol. The Hall–Kier alpha value is -1.62. The van der Waals surface area contributed by atoms with Gasteiger partial charge in [0.1, 0.15) is 6.54 Å². The molecule has 0 aliphatic carbocycles. The van der Waals surface area contributed by atoms with E-state index in [-0.39, 0.29) is 5.69 Å². The van der Waals surface area contributed by atoms with Crippen LogP contribution in [0, 0.1) is 0 Å². The number of nitrogens with one attached hydrogen (secondary N) is 1. The third-order valence-corrected chi connectivity index (χ3v) is 7.04. The van der Waals surface area contributed by atoms with Crippen LogP contribution in [0.25, 0.3) is 0 Å². The number of carbonyl (C=O) groups is 1. The van der Waals surface area contributed by atoms with Gasteiger partial charge in [-0.3, -0.25) is 9.10 Å². The lowest BCUT2D eigenvalue weighted by atomic mass is 10.2. The first-order valence-corrected chi connectivity index (χ1v) is 13.1. The molecule has 12 heteroatoms. The number of sulfonamides is 1. The molecule has 2 rings (SSSR count). The van der Waals surface area contributed by atoms with E-state index in [0.717, 1.165) is 35.5 Å². The molecule has 0 saturated heterocycles. The zero-order valence-electron chi connectivity index (χ0n) is 17.0. The maximum atomic E-state index is 13.1. The molecule has 32 heavy (non-hydrogen) atoms. The van der Waals surface area contributed by atoms with Gasteiger partial charge in [0, 0.05) is 17.3 Å². The van der Waals surface area contributed by atoms with Gasteiger partial charge < -0.3 is 5.32 Å². The number of hydrogen-bond donors (Lipinski definition) is 1. The van der Waals surface area contributed by atoms with E-state index in [9.17, 15) is 26.4 Å². The van der Waals surface area contributed by atoms with E-state index in [1.54, 1.807) is 11.8 Å². The molecule has 0 spiro atoms. The van der Waals surface area contributed by atoms with Gasteiger partial charge in [0.15, 0.2) is 0 Å². The molecule has 0 aromatic heterocycles. The number of thioether (sulfide) groups is 1. The lowest BCUT2D eigenvalue weighted by molar-refractivity contribution is -0.137. The number of benzene rings is 2. The molecule has 0 bridgehead atoms. The summed E-state index contributed by atoms with van der Waals surface area (Å²) in [5.74, 6) is 0.914. The predicted molar refractivity (Wildman–Crippen MR) is 124 cm³/mol. The number of hydrogen-bond acceptors (Lipinski definition) is 4. The molecule has 1 N–H and O–H groups in total. The molecular formula is C20H21Cl2F3N2O3S2. The Balaban J connectivity index is 1.89. The van der Waals surface area contributed by atoms with Crippen molar-refractivity contribution >= 4 is 56.6 Å². The average Bonchev–Trinajstić information content (AvgIpc) is 2.69. The van der Waals surface area contributed by atoms with E-state index in [2.05, 4.69) is 5.32 Å². The first-order valence-electron chi connectivity index (χ1n) is 9.31. The summed E-state index contributed by atoms with van der Waals surface area (Å²) in [6, 6.07) is 10.2. The van der Waals surface area contributed by atoms with Gasteiger partial charge in [0.25, 0.3) is 0 Å². The molecule has 0 saturated carbocycles.